The zero-order valence-corrected chi connectivity index (χ0v) is 8.44. The monoisotopic (exact) mass is 216 g/mol. The Hall–Kier alpha value is -1.26. The van der Waals surface area contributed by atoms with Crippen LogP contribution in [0.2, 0.25) is 0 Å². The van der Waals surface area contributed by atoms with Crippen molar-refractivity contribution in [2.45, 2.75) is 26.3 Å². The molecule has 1 aromatic rings. The molecule has 0 saturated heterocycles. The van der Waals surface area contributed by atoms with Crippen LogP contribution in [0.3, 0.4) is 0 Å². The molecule has 0 bridgehead atoms. The molecule has 1 saturated carbocycles. The van der Waals surface area contributed by atoms with E-state index in [0.717, 1.165) is 6.42 Å². The fraction of sp³-hybridized carbons (Fsp3) is 0.500. The van der Waals surface area contributed by atoms with Gasteiger partial charge in [0.25, 0.3) is 5.95 Å². The lowest BCUT2D eigenvalue weighted by molar-refractivity contribution is 0.466. The number of nitrogens with zero attached hydrogens (tertiary/aromatic N) is 1. The first kappa shape index (κ1) is 10.3. The van der Waals surface area contributed by atoms with Crippen LogP contribution in [-0.2, 0) is 0 Å². The molecular formula is C10H11F3N2. The molecule has 0 aromatic carbocycles. The quantitative estimate of drug-likeness (QED) is 0.769. The second kappa shape index (κ2) is 3.12. The largest absolute Gasteiger partial charge is 0.364 e. The molecule has 15 heavy (non-hydrogen) atoms. The van der Waals surface area contributed by atoms with Gasteiger partial charge in [0.05, 0.1) is 0 Å². The summed E-state index contributed by atoms with van der Waals surface area (Å²) in [5.74, 6) is -3.63. The summed E-state index contributed by atoms with van der Waals surface area (Å²) in [5, 5.41) is 2.75. The first-order valence-corrected chi connectivity index (χ1v) is 4.68. The Balaban J connectivity index is 2.19. The maximum absolute atomic E-state index is 13.1. The molecule has 82 valence electrons. The average molecular weight is 216 g/mol. The zero-order valence-electron chi connectivity index (χ0n) is 8.44. The minimum atomic E-state index is -1.28. The lowest BCUT2D eigenvalue weighted by atomic mass is 10.2. The van der Waals surface area contributed by atoms with Crippen LogP contribution in [0.4, 0.5) is 19.0 Å². The Kier molecular flexibility index (Phi) is 2.13. The van der Waals surface area contributed by atoms with Gasteiger partial charge in [-0.05, 0) is 11.8 Å². The molecule has 1 aliphatic carbocycles. The number of aromatic nitrogens is 1. The van der Waals surface area contributed by atoms with E-state index in [4.69, 9.17) is 0 Å². The van der Waals surface area contributed by atoms with Gasteiger partial charge in [-0.1, -0.05) is 13.8 Å². The Labute approximate surface area is 85.5 Å². The molecule has 1 fully saturated rings. The summed E-state index contributed by atoms with van der Waals surface area (Å²) in [7, 11) is 0. The molecule has 1 heterocycles. The molecule has 0 spiro atoms. The van der Waals surface area contributed by atoms with Gasteiger partial charge in [-0.15, -0.1) is 0 Å². The summed E-state index contributed by atoms with van der Waals surface area (Å²) >= 11 is 0. The SMILES string of the molecule is CC1(C)CC1Nc1nc(F)c(F)cc1F. The summed E-state index contributed by atoms with van der Waals surface area (Å²) in [6.07, 6.45) is 0.868. The predicted octanol–water partition coefficient (Wildman–Crippen LogP) is 2.71. The second-order valence-electron chi connectivity index (χ2n) is 4.48. The van der Waals surface area contributed by atoms with Gasteiger partial charge in [0.1, 0.15) is 0 Å². The number of rotatable bonds is 2. The Bertz CT molecular complexity index is 404. The number of hydrogen-bond acceptors (Lipinski definition) is 2. The standard InChI is InChI=1S/C10H11F3N2/c1-10(2)4-7(10)14-9-6(12)3-5(11)8(13)15-9/h3,7H,4H2,1-2H3,(H,14,15). The van der Waals surface area contributed by atoms with Crippen molar-refractivity contribution in [3.05, 3.63) is 23.6 Å². The van der Waals surface area contributed by atoms with E-state index < -0.39 is 17.6 Å². The minimum Gasteiger partial charge on any atom is -0.364 e. The maximum atomic E-state index is 13.1. The van der Waals surface area contributed by atoms with Gasteiger partial charge < -0.3 is 5.32 Å². The third-order valence-electron chi connectivity index (χ3n) is 2.71. The summed E-state index contributed by atoms with van der Waals surface area (Å²) < 4.78 is 38.4. The maximum Gasteiger partial charge on any atom is 0.251 e. The smallest absolute Gasteiger partial charge is 0.251 e. The molecule has 2 rings (SSSR count). The van der Waals surface area contributed by atoms with Gasteiger partial charge in [0.15, 0.2) is 17.5 Å². The van der Waals surface area contributed by atoms with Crippen LogP contribution < -0.4 is 5.32 Å². The van der Waals surface area contributed by atoms with Crippen molar-refractivity contribution in [3.8, 4) is 0 Å². The number of nitrogens with one attached hydrogen (secondary N) is 1. The Morgan fingerprint density at radius 3 is 2.47 bits per heavy atom. The molecule has 1 atom stereocenters. The van der Waals surface area contributed by atoms with Crippen LogP contribution in [0.1, 0.15) is 20.3 Å². The molecule has 1 unspecified atom stereocenters. The first-order chi connectivity index (χ1) is 6.90. The van der Waals surface area contributed by atoms with Crippen LogP contribution in [0.25, 0.3) is 0 Å². The lowest BCUT2D eigenvalue weighted by Gasteiger charge is -2.08. The van der Waals surface area contributed by atoms with Gasteiger partial charge >= 0.3 is 0 Å². The molecule has 1 aliphatic rings. The van der Waals surface area contributed by atoms with Crippen LogP contribution in [-0.4, -0.2) is 11.0 Å². The third-order valence-corrected chi connectivity index (χ3v) is 2.71. The van der Waals surface area contributed by atoms with Crippen molar-refractivity contribution in [2.24, 2.45) is 5.41 Å². The van der Waals surface area contributed by atoms with Crippen molar-refractivity contribution >= 4 is 5.82 Å². The van der Waals surface area contributed by atoms with Crippen LogP contribution in [0.15, 0.2) is 6.07 Å². The zero-order chi connectivity index (χ0) is 11.2. The molecule has 0 aliphatic heterocycles. The molecular weight excluding hydrogens is 205 g/mol. The van der Waals surface area contributed by atoms with Crippen molar-refractivity contribution < 1.29 is 13.2 Å². The molecule has 0 radical (unpaired) electrons. The van der Waals surface area contributed by atoms with E-state index >= 15 is 0 Å². The predicted molar refractivity (Wildman–Crippen MR) is 49.9 cm³/mol. The summed E-state index contributed by atoms with van der Waals surface area (Å²) in [6.45, 7) is 4.00. The van der Waals surface area contributed by atoms with E-state index in [1.165, 1.54) is 0 Å². The van der Waals surface area contributed by atoms with E-state index in [-0.39, 0.29) is 17.3 Å². The second-order valence-corrected chi connectivity index (χ2v) is 4.48. The molecule has 1 N–H and O–H groups in total. The average Bonchev–Trinajstić information content (AvgIpc) is 2.70. The highest BCUT2D eigenvalue weighted by Crippen LogP contribution is 2.46. The fourth-order valence-corrected chi connectivity index (χ4v) is 1.42. The first-order valence-electron chi connectivity index (χ1n) is 4.68. The van der Waals surface area contributed by atoms with E-state index in [1.54, 1.807) is 0 Å². The van der Waals surface area contributed by atoms with Crippen LogP contribution in [0.5, 0.6) is 0 Å². The lowest BCUT2D eigenvalue weighted by Crippen LogP contribution is -2.12. The molecule has 5 heteroatoms. The van der Waals surface area contributed by atoms with Gasteiger partial charge in [-0.2, -0.15) is 9.37 Å². The van der Waals surface area contributed by atoms with Crippen LogP contribution in [0, 0.1) is 23.0 Å². The van der Waals surface area contributed by atoms with E-state index in [0.29, 0.717) is 6.07 Å². The minimum absolute atomic E-state index is 0.0684. The Morgan fingerprint density at radius 1 is 1.33 bits per heavy atom. The fourth-order valence-electron chi connectivity index (χ4n) is 1.42. The topological polar surface area (TPSA) is 24.9 Å². The summed E-state index contributed by atoms with van der Waals surface area (Å²) in [5.41, 5.74) is 0.0684. The van der Waals surface area contributed by atoms with E-state index in [1.807, 2.05) is 13.8 Å². The Morgan fingerprint density at radius 2 is 1.93 bits per heavy atom. The van der Waals surface area contributed by atoms with Gasteiger partial charge in [0, 0.05) is 12.1 Å². The van der Waals surface area contributed by atoms with Gasteiger partial charge in [-0.3, -0.25) is 0 Å². The van der Waals surface area contributed by atoms with Crippen molar-refractivity contribution in [1.29, 1.82) is 0 Å². The highest BCUT2D eigenvalue weighted by atomic mass is 19.2. The summed E-state index contributed by atoms with van der Waals surface area (Å²) in [4.78, 5) is 3.19. The van der Waals surface area contributed by atoms with Crippen molar-refractivity contribution in [2.75, 3.05) is 5.32 Å². The molecule has 2 nitrogen and oxygen atoms in total. The summed E-state index contributed by atoms with van der Waals surface area (Å²) in [6, 6.07) is 0.574. The van der Waals surface area contributed by atoms with Crippen molar-refractivity contribution in [3.63, 3.8) is 0 Å². The van der Waals surface area contributed by atoms with Crippen LogP contribution >= 0.6 is 0 Å². The number of anilines is 1. The molecule has 0 amide bonds. The number of halogens is 3. The van der Waals surface area contributed by atoms with Gasteiger partial charge in [0.2, 0.25) is 0 Å². The van der Waals surface area contributed by atoms with Gasteiger partial charge in [-0.25, -0.2) is 8.78 Å². The number of hydrogen-bond donors (Lipinski definition) is 1. The highest BCUT2D eigenvalue weighted by Gasteiger charge is 2.46. The van der Waals surface area contributed by atoms with E-state index in [2.05, 4.69) is 10.3 Å². The normalized spacial score (nSPS) is 22.6. The highest BCUT2D eigenvalue weighted by molar-refractivity contribution is 5.40. The van der Waals surface area contributed by atoms with E-state index in [9.17, 15) is 13.2 Å². The molecule has 1 aromatic heterocycles. The van der Waals surface area contributed by atoms with Crippen molar-refractivity contribution in [1.82, 2.24) is 4.98 Å². The third kappa shape index (κ3) is 1.91. The number of pyridine rings is 1.